The molecule has 0 aliphatic rings. The minimum absolute atomic E-state index is 0.00323. The van der Waals surface area contributed by atoms with Crippen LogP contribution < -0.4 is 16.0 Å². The van der Waals surface area contributed by atoms with E-state index < -0.39 is 0 Å². The van der Waals surface area contributed by atoms with Gasteiger partial charge in [0.05, 0.1) is 6.10 Å². The van der Waals surface area contributed by atoms with Crippen molar-refractivity contribution in [1.82, 2.24) is 4.57 Å². The molecule has 0 spiro atoms. The monoisotopic (exact) mass is 260 g/mol. The molecule has 0 saturated heterocycles. The summed E-state index contributed by atoms with van der Waals surface area (Å²) in [6.45, 7) is 6.33. The summed E-state index contributed by atoms with van der Waals surface area (Å²) in [6, 6.07) is 7.48. The Bertz CT molecular complexity index is 632. The SMILES string of the molecule is CC(C)Oc1ccc2c(=O)n(C(C)CN)ccc2c1. The average molecular weight is 260 g/mol. The van der Waals surface area contributed by atoms with Crippen LogP contribution in [-0.2, 0) is 0 Å². The molecule has 1 aromatic heterocycles. The van der Waals surface area contributed by atoms with Gasteiger partial charge in [0.2, 0.25) is 0 Å². The number of fused-ring (bicyclic) bond motifs is 1. The van der Waals surface area contributed by atoms with Gasteiger partial charge in [-0.3, -0.25) is 4.79 Å². The molecule has 1 unspecified atom stereocenters. The molecule has 1 aromatic carbocycles. The molecule has 102 valence electrons. The van der Waals surface area contributed by atoms with Crippen LogP contribution in [-0.4, -0.2) is 17.2 Å². The van der Waals surface area contributed by atoms with E-state index >= 15 is 0 Å². The number of nitrogens with zero attached hydrogens (tertiary/aromatic N) is 1. The molecule has 0 aliphatic heterocycles. The van der Waals surface area contributed by atoms with Crippen LogP contribution in [0.15, 0.2) is 35.3 Å². The molecule has 2 rings (SSSR count). The van der Waals surface area contributed by atoms with Crippen LogP contribution in [0.5, 0.6) is 5.75 Å². The third kappa shape index (κ3) is 2.79. The summed E-state index contributed by atoms with van der Waals surface area (Å²) in [5, 5.41) is 1.59. The summed E-state index contributed by atoms with van der Waals surface area (Å²) in [7, 11) is 0. The first-order chi connectivity index (χ1) is 9.02. The van der Waals surface area contributed by atoms with E-state index in [1.807, 2.05) is 45.0 Å². The Balaban J connectivity index is 2.51. The van der Waals surface area contributed by atoms with Crippen LogP contribution in [0.1, 0.15) is 26.8 Å². The second-order valence-corrected chi connectivity index (χ2v) is 5.03. The number of hydrogen-bond donors (Lipinski definition) is 1. The molecule has 2 aromatic rings. The van der Waals surface area contributed by atoms with Crippen molar-refractivity contribution >= 4 is 10.8 Å². The van der Waals surface area contributed by atoms with Crippen molar-refractivity contribution in [1.29, 1.82) is 0 Å². The predicted octanol–water partition coefficient (Wildman–Crippen LogP) is 2.31. The molecule has 1 heterocycles. The van der Waals surface area contributed by atoms with E-state index in [-0.39, 0.29) is 17.7 Å². The summed E-state index contributed by atoms with van der Waals surface area (Å²) in [6.07, 6.45) is 1.91. The Kier molecular flexibility index (Phi) is 3.90. The van der Waals surface area contributed by atoms with E-state index in [0.29, 0.717) is 11.9 Å². The minimum atomic E-state index is -0.00783. The number of hydrogen-bond acceptors (Lipinski definition) is 3. The quantitative estimate of drug-likeness (QED) is 0.917. The average Bonchev–Trinajstić information content (AvgIpc) is 2.37. The highest BCUT2D eigenvalue weighted by Crippen LogP contribution is 2.20. The smallest absolute Gasteiger partial charge is 0.258 e. The van der Waals surface area contributed by atoms with Crippen molar-refractivity contribution in [3.8, 4) is 5.75 Å². The number of pyridine rings is 1. The zero-order valence-electron chi connectivity index (χ0n) is 11.6. The first kappa shape index (κ1) is 13.6. The molecule has 4 nitrogen and oxygen atoms in total. The minimum Gasteiger partial charge on any atom is -0.491 e. The van der Waals surface area contributed by atoms with Gasteiger partial charge in [-0.05, 0) is 50.4 Å². The number of aromatic nitrogens is 1. The first-order valence-electron chi connectivity index (χ1n) is 6.54. The second kappa shape index (κ2) is 5.45. The van der Waals surface area contributed by atoms with Crippen molar-refractivity contribution < 1.29 is 4.74 Å². The fraction of sp³-hybridized carbons (Fsp3) is 0.400. The van der Waals surface area contributed by atoms with Crippen LogP contribution in [0.3, 0.4) is 0 Å². The number of ether oxygens (including phenoxy) is 1. The summed E-state index contributed by atoms with van der Waals surface area (Å²) < 4.78 is 7.30. The fourth-order valence-electron chi connectivity index (χ4n) is 2.05. The molecule has 1 atom stereocenters. The maximum absolute atomic E-state index is 12.3. The van der Waals surface area contributed by atoms with E-state index in [1.165, 1.54) is 0 Å². The predicted molar refractivity (Wildman–Crippen MR) is 77.7 cm³/mol. The number of rotatable bonds is 4. The Morgan fingerprint density at radius 3 is 2.63 bits per heavy atom. The van der Waals surface area contributed by atoms with Gasteiger partial charge in [0.25, 0.3) is 5.56 Å². The summed E-state index contributed by atoms with van der Waals surface area (Å²) in [5.74, 6) is 0.784. The van der Waals surface area contributed by atoms with E-state index in [4.69, 9.17) is 10.5 Å². The van der Waals surface area contributed by atoms with Gasteiger partial charge in [0.15, 0.2) is 0 Å². The second-order valence-electron chi connectivity index (χ2n) is 5.03. The van der Waals surface area contributed by atoms with Crippen LogP contribution in [0, 0.1) is 0 Å². The molecule has 4 heteroatoms. The Morgan fingerprint density at radius 2 is 2.00 bits per heavy atom. The molecule has 0 fully saturated rings. The molecule has 0 aliphatic carbocycles. The lowest BCUT2D eigenvalue weighted by Gasteiger charge is -2.14. The Hall–Kier alpha value is -1.81. The Labute approximate surface area is 112 Å². The zero-order chi connectivity index (χ0) is 14.0. The molecule has 2 N–H and O–H groups in total. The van der Waals surface area contributed by atoms with E-state index in [1.54, 1.807) is 10.8 Å². The highest BCUT2D eigenvalue weighted by molar-refractivity contribution is 5.82. The van der Waals surface area contributed by atoms with Crippen LogP contribution in [0.25, 0.3) is 10.8 Å². The van der Waals surface area contributed by atoms with Gasteiger partial charge in [-0.1, -0.05) is 0 Å². The van der Waals surface area contributed by atoms with E-state index in [9.17, 15) is 4.79 Å². The molecule has 0 bridgehead atoms. The van der Waals surface area contributed by atoms with Gasteiger partial charge in [-0.15, -0.1) is 0 Å². The maximum Gasteiger partial charge on any atom is 0.258 e. The van der Waals surface area contributed by atoms with E-state index in [2.05, 4.69) is 0 Å². The molecule has 0 amide bonds. The van der Waals surface area contributed by atoms with Crippen LogP contribution in [0.2, 0.25) is 0 Å². The molecule has 0 saturated carbocycles. The van der Waals surface area contributed by atoms with E-state index in [0.717, 1.165) is 11.1 Å². The van der Waals surface area contributed by atoms with Crippen molar-refractivity contribution in [2.45, 2.75) is 32.9 Å². The van der Waals surface area contributed by atoms with Gasteiger partial charge in [-0.2, -0.15) is 0 Å². The summed E-state index contributed by atoms with van der Waals surface area (Å²) in [4.78, 5) is 12.3. The normalized spacial score (nSPS) is 12.9. The van der Waals surface area contributed by atoms with Crippen molar-refractivity contribution in [3.05, 3.63) is 40.8 Å². The topological polar surface area (TPSA) is 57.2 Å². The largest absolute Gasteiger partial charge is 0.491 e. The van der Waals surface area contributed by atoms with Crippen molar-refractivity contribution in [2.75, 3.05) is 6.54 Å². The maximum atomic E-state index is 12.3. The standard InChI is InChI=1S/C15H20N2O2/c1-10(2)19-13-4-5-14-12(8-13)6-7-17(15(14)18)11(3)9-16/h4-8,10-11H,9,16H2,1-3H3. The number of nitrogens with two attached hydrogens (primary N) is 1. The van der Waals surface area contributed by atoms with Gasteiger partial charge in [0.1, 0.15) is 5.75 Å². The fourth-order valence-corrected chi connectivity index (χ4v) is 2.05. The Morgan fingerprint density at radius 1 is 1.26 bits per heavy atom. The van der Waals surface area contributed by atoms with Crippen molar-refractivity contribution in [2.24, 2.45) is 5.73 Å². The van der Waals surface area contributed by atoms with Crippen molar-refractivity contribution in [3.63, 3.8) is 0 Å². The number of benzene rings is 1. The molecule has 0 radical (unpaired) electrons. The van der Waals surface area contributed by atoms with Gasteiger partial charge in [0, 0.05) is 24.2 Å². The highest BCUT2D eigenvalue weighted by Gasteiger charge is 2.08. The van der Waals surface area contributed by atoms with Crippen LogP contribution in [0.4, 0.5) is 0 Å². The first-order valence-corrected chi connectivity index (χ1v) is 6.54. The zero-order valence-corrected chi connectivity index (χ0v) is 11.6. The van der Waals surface area contributed by atoms with Gasteiger partial charge in [-0.25, -0.2) is 0 Å². The van der Waals surface area contributed by atoms with Gasteiger partial charge < -0.3 is 15.0 Å². The third-order valence-electron chi connectivity index (χ3n) is 3.09. The lowest BCUT2D eigenvalue weighted by atomic mass is 10.1. The summed E-state index contributed by atoms with van der Waals surface area (Å²) in [5.41, 5.74) is 5.61. The third-order valence-corrected chi connectivity index (χ3v) is 3.09. The van der Waals surface area contributed by atoms with Gasteiger partial charge >= 0.3 is 0 Å². The van der Waals surface area contributed by atoms with Crippen LogP contribution >= 0.6 is 0 Å². The molecule has 19 heavy (non-hydrogen) atoms. The highest BCUT2D eigenvalue weighted by atomic mass is 16.5. The lowest BCUT2D eigenvalue weighted by molar-refractivity contribution is 0.243. The molecular weight excluding hydrogens is 240 g/mol. The lowest BCUT2D eigenvalue weighted by Crippen LogP contribution is -2.27. The molecular formula is C15H20N2O2. The summed E-state index contributed by atoms with van der Waals surface area (Å²) >= 11 is 0.